The molecule has 2 aliphatic heterocycles. The van der Waals surface area contributed by atoms with E-state index in [0.717, 1.165) is 25.7 Å². The molecule has 3 heteroatoms. The molecule has 0 aromatic carbocycles. The van der Waals surface area contributed by atoms with Gasteiger partial charge in [0.1, 0.15) is 0 Å². The monoisotopic (exact) mass is 197 g/mol. The Morgan fingerprint density at radius 1 is 1.00 bits per heavy atom. The molecule has 3 unspecified atom stereocenters. The fourth-order valence-corrected chi connectivity index (χ4v) is 2.65. The molecule has 3 atom stereocenters. The van der Waals surface area contributed by atoms with Crippen LogP contribution in [0.1, 0.15) is 25.7 Å². The molecule has 3 nitrogen and oxygen atoms in total. The number of nitrogens with one attached hydrogen (secondary N) is 1. The predicted molar refractivity (Wildman–Crippen MR) is 53.2 cm³/mol. The molecule has 1 aliphatic carbocycles. The molecule has 80 valence electrons. The van der Waals surface area contributed by atoms with E-state index in [1.165, 1.54) is 25.7 Å². The summed E-state index contributed by atoms with van der Waals surface area (Å²) >= 11 is 0. The second-order valence-corrected chi connectivity index (χ2v) is 4.80. The van der Waals surface area contributed by atoms with Gasteiger partial charge in [-0.05, 0) is 31.6 Å². The lowest BCUT2D eigenvalue weighted by molar-refractivity contribution is 0.0781. The number of rotatable bonds is 3. The van der Waals surface area contributed by atoms with Crippen LogP contribution in [0.15, 0.2) is 0 Å². The van der Waals surface area contributed by atoms with Crippen molar-refractivity contribution in [3.05, 3.63) is 0 Å². The van der Waals surface area contributed by atoms with E-state index in [-0.39, 0.29) is 0 Å². The Kier molecular flexibility index (Phi) is 2.48. The van der Waals surface area contributed by atoms with Crippen molar-refractivity contribution >= 4 is 0 Å². The Morgan fingerprint density at radius 3 is 2.64 bits per heavy atom. The SMILES string of the molecule is C1CC(NC2CCOC2C2CC2)CO1. The van der Waals surface area contributed by atoms with Gasteiger partial charge in [0.25, 0.3) is 0 Å². The summed E-state index contributed by atoms with van der Waals surface area (Å²) in [6, 6.07) is 1.19. The highest BCUT2D eigenvalue weighted by Crippen LogP contribution is 2.38. The van der Waals surface area contributed by atoms with Crippen molar-refractivity contribution in [2.24, 2.45) is 5.92 Å². The second-order valence-electron chi connectivity index (χ2n) is 4.80. The average molecular weight is 197 g/mol. The van der Waals surface area contributed by atoms with E-state index < -0.39 is 0 Å². The van der Waals surface area contributed by atoms with Crippen LogP contribution in [0, 0.1) is 5.92 Å². The summed E-state index contributed by atoms with van der Waals surface area (Å²) in [5.74, 6) is 0.859. The van der Waals surface area contributed by atoms with E-state index >= 15 is 0 Å². The number of hydrogen-bond acceptors (Lipinski definition) is 3. The summed E-state index contributed by atoms with van der Waals surface area (Å²) in [5.41, 5.74) is 0. The van der Waals surface area contributed by atoms with Crippen LogP contribution in [0.3, 0.4) is 0 Å². The van der Waals surface area contributed by atoms with E-state index in [9.17, 15) is 0 Å². The fraction of sp³-hybridized carbons (Fsp3) is 1.00. The summed E-state index contributed by atoms with van der Waals surface area (Å²) in [6.45, 7) is 2.78. The summed E-state index contributed by atoms with van der Waals surface area (Å²) in [6.07, 6.45) is 5.63. The molecule has 0 bridgehead atoms. The lowest BCUT2D eigenvalue weighted by atomic mass is 10.0. The normalized spacial score (nSPS) is 43.3. The molecule has 2 saturated heterocycles. The third-order valence-corrected chi connectivity index (χ3v) is 3.60. The molecule has 3 fully saturated rings. The van der Waals surface area contributed by atoms with Gasteiger partial charge < -0.3 is 14.8 Å². The van der Waals surface area contributed by atoms with Crippen molar-refractivity contribution in [1.29, 1.82) is 0 Å². The average Bonchev–Trinajstić information content (AvgIpc) is 2.74. The standard InChI is InChI=1S/C11H19NO2/c1-2-8(1)11-10(4-6-14-11)12-9-3-5-13-7-9/h8-12H,1-7H2. The van der Waals surface area contributed by atoms with Crippen LogP contribution >= 0.6 is 0 Å². The topological polar surface area (TPSA) is 30.5 Å². The fourth-order valence-electron chi connectivity index (χ4n) is 2.65. The molecule has 0 amide bonds. The highest BCUT2D eigenvalue weighted by molar-refractivity contribution is 4.95. The number of hydrogen-bond donors (Lipinski definition) is 1. The molecular formula is C11H19NO2. The smallest absolute Gasteiger partial charge is 0.0757 e. The van der Waals surface area contributed by atoms with Gasteiger partial charge in [-0.15, -0.1) is 0 Å². The van der Waals surface area contributed by atoms with Crippen LogP contribution < -0.4 is 5.32 Å². The van der Waals surface area contributed by atoms with E-state index in [2.05, 4.69) is 5.32 Å². The molecule has 14 heavy (non-hydrogen) atoms. The lowest BCUT2D eigenvalue weighted by Crippen LogP contribution is -2.44. The Balaban J connectivity index is 1.54. The Hall–Kier alpha value is -0.120. The van der Waals surface area contributed by atoms with Crippen molar-refractivity contribution in [1.82, 2.24) is 5.32 Å². The maximum Gasteiger partial charge on any atom is 0.0757 e. The van der Waals surface area contributed by atoms with E-state index in [1.807, 2.05) is 0 Å². The van der Waals surface area contributed by atoms with E-state index in [0.29, 0.717) is 18.2 Å². The van der Waals surface area contributed by atoms with Gasteiger partial charge in [-0.3, -0.25) is 0 Å². The Labute approximate surface area is 85.1 Å². The molecule has 3 rings (SSSR count). The molecule has 0 aromatic rings. The minimum absolute atomic E-state index is 0.510. The highest BCUT2D eigenvalue weighted by Gasteiger charge is 2.41. The van der Waals surface area contributed by atoms with Crippen molar-refractivity contribution in [2.45, 2.75) is 43.9 Å². The van der Waals surface area contributed by atoms with Crippen LogP contribution in [0.5, 0.6) is 0 Å². The zero-order valence-corrected chi connectivity index (χ0v) is 8.58. The van der Waals surface area contributed by atoms with Crippen molar-refractivity contribution in [2.75, 3.05) is 19.8 Å². The van der Waals surface area contributed by atoms with Gasteiger partial charge in [-0.2, -0.15) is 0 Å². The van der Waals surface area contributed by atoms with Gasteiger partial charge in [-0.1, -0.05) is 0 Å². The van der Waals surface area contributed by atoms with Gasteiger partial charge in [0.2, 0.25) is 0 Å². The maximum atomic E-state index is 5.80. The molecular weight excluding hydrogens is 178 g/mol. The van der Waals surface area contributed by atoms with E-state index in [1.54, 1.807) is 0 Å². The zero-order valence-electron chi connectivity index (χ0n) is 8.58. The quantitative estimate of drug-likeness (QED) is 0.730. The van der Waals surface area contributed by atoms with Crippen molar-refractivity contribution in [3.8, 4) is 0 Å². The van der Waals surface area contributed by atoms with Gasteiger partial charge >= 0.3 is 0 Å². The zero-order chi connectivity index (χ0) is 9.38. The first-order chi connectivity index (χ1) is 6.93. The van der Waals surface area contributed by atoms with Gasteiger partial charge in [-0.25, -0.2) is 0 Å². The van der Waals surface area contributed by atoms with Crippen molar-refractivity contribution < 1.29 is 9.47 Å². The van der Waals surface area contributed by atoms with Crippen LogP contribution in [-0.4, -0.2) is 38.0 Å². The maximum absolute atomic E-state index is 5.80. The first-order valence-corrected chi connectivity index (χ1v) is 5.89. The van der Waals surface area contributed by atoms with Crippen LogP contribution in [-0.2, 0) is 9.47 Å². The third-order valence-electron chi connectivity index (χ3n) is 3.60. The van der Waals surface area contributed by atoms with E-state index in [4.69, 9.17) is 9.47 Å². The predicted octanol–water partition coefficient (Wildman–Crippen LogP) is 0.932. The Morgan fingerprint density at radius 2 is 1.93 bits per heavy atom. The second kappa shape index (κ2) is 3.80. The first-order valence-electron chi connectivity index (χ1n) is 5.89. The first kappa shape index (κ1) is 9.13. The molecule has 1 N–H and O–H groups in total. The molecule has 0 radical (unpaired) electrons. The van der Waals surface area contributed by atoms with Gasteiger partial charge in [0, 0.05) is 25.3 Å². The summed E-state index contributed by atoms with van der Waals surface area (Å²) in [4.78, 5) is 0. The number of ether oxygens (including phenoxy) is 2. The van der Waals surface area contributed by atoms with Gasteiger partial charge in [0.05, 0.1) is 12.7 Å². The molecule has 3 aliphatic rings. The minimum Gasteiger partial charge on any atom is -0.380 e. The summed E-state index contributed by atoms with van der Waals surface area (Å²) in [5, 5.41) is 3.70. The molecule has 2 heterocycles. The Bertz CT molecular complexity index is 199. The summed E-state index contributed by atoms with van der Waals surface area (Å²) < 4.78 is 11.2. The van der Waals surface area contributed by atoms with Crippen LogP contribution in [0.4, 0.5) is 0 Å². The lowest BCUT2D eigenvalue weighted by Gasteiger charge is -2.22. The van der Waals surface area contributed by atoms with Crippen LogP contribution in [0.2, 0.25) is 0 Å². The highest BCUT2D eigenvalue weighted by atomic mass is 16.5. The molecule has 0 spiro atoms. The molecule has 0 aromatic heterocycles. The summed E-state index contributed by atoms with van der Waals surface area (Å²) in [7, 11) is 0. The third kappa shape index (κ3) is 1.81. The minimum atomic E-state index is 0.510. The molecule has 1 saturated carbocycles. The van der Waals surface area contributed by atoms with Crippen molar-refractivity contribution in [3.63, 3.8) is 0 Å². The van der Waals surface area contributed by atoms with Gasteiger partial charge in [0.15, 0.2) is 0 Å². The van der Waals surface area contributed by atoms with Crippen LogP contribution in [0.25, 0.3) is 0 Å². The largest absolute Gasteiger partial charge is 0.380 e.